The van der Waals surface area contributed by atoms with E-state index in [1.807, 2.05) is 26.2 Å². The second kappa shape index (κ2) is 12.9. The zero-order valence-corrected chi connectivity index (χ0v) is 25.7. The molecule has 0 saturated carbocycles. The van der Waals surface area contributed by atoms with Crippen LogP contribution in [0.5, 0.6) is 0 Å². The van der Waals surface area contributed by atoms with Crippen molar-refractivity contribution in [1.82, 2.24) is 14.7 Å². The van der Waals surface area contributed by atoms with Crippen molar-refractivity contribution in [3.8, 4) is 0 Å². The van der Waals surface area contributed by atoms with Crippen LogP contribution < -0.4 is 10.6 Å². The number of likely N-dealkylation sites (N-methyl/N-ethyl adjacent to an activating group) is 1. The SMILES string of the molecule is CC(Cc1ccc(C(=O)Nc2nn(C(=O)O)c3ccc(S(=O)(=O)c4cc(F)cc(F)c4)cc23)c(NC2CCOCC2)c1)N(C)C. The highest BCUT2D eigenvalue weighted by Gasteiger charge is 2.25. The molecule has 0 aliphatic carbocycles. The highest BCUT2D eigenvalue weighted by molar-refractivity contribution is 7.91. The zero-order chi connectivity index (χ0) is 32.5. The fraction of sp³-hybridized carbons (Fsp3) is 0.323. The maximum Gasteiger partial charge on any atom is 0.432 e. The van der Waals surface area contributed by atoms with E-state index in [0.29, 0.717) is 41.8 Å². The van der Waals surface area contributed by atoms with Gasteiger partial charge in [0.1, 0.15) is 11.6 Å². The van der Waals surface area contributed by atoms with Gasteiger partial charge in [-0.3, -0.25) is 4.79 Å². The van der Waals surface area contributed by atoms with Crippen LogP contribution in [0.3, 0.4) is 0 Å². The van der Waals surface area contributed by atoms with Gasteiger partial charge >= 0.3 is 6.09 Å². The quantitative estimate of drug-likeness (QED) is 0.230. The first kappa shape index (κ1) is 32.0. The molecule has 1 saturated heterocycles. The van der Waals surface area contributed by atoms with Crippen LogP contribution >= 0.6 is 0 Å². The Hall–Kier alpha value is -4.40. The zero-order valence-electron chi connectivity index (χ0n) is 24.9. The molecule has 45 heavy (non-hydrogen) atoms. The predicted molar refractivity (Wildman–Crippen MR) is 164 cm³/mol. The second-order valence-corrected chi connectivity index (χ2v) is 13.2. The minimum atomic E-state index is -4.43. The number of carbonyl (C=O) groups excluding carboxylic acids is 1. The molecule has 1 aromatic heterocycles. The van der Waals surface area contributed by atoms with Crippen LogP contribution in [0.2, 0.25) is 0 Å². The lowest BCUT2D eigenvalue weighted by Crippen LogP contribution is -2.29. The van der Waals surface area contributed by atoms with Gasteiger partial charge in [0.15, 0.2) is 5.82 Å². The molecule has 5 rings (SSSR count). The van der Waals surface area contributed by atoms with Crippen molar-refractivity contribution >= 4 is 44.2 Å². The first-order chi connectivity index (χ1) is 21.3. The third kappa shape index (κ3) is 6.97. The molecule has 0 bridgehead atoms. The van der Waals surface area contributed by atoms with Gasteiger partial charge in [-0.15, -0.1) is 5.10 Å². The standard InChI is InChI=1S/C31H33F2N5O6S/c1-18(37(2)3)12-19-4-6-25(27(13-19)34-22-8-10-44-11-9-22)30(39)35-29-26-17-23(5-7-28(26)38(36-29)31(40)41)45(42,43)24-15-20(32)14-21(33)16-24/h4-7,13-18,22,34H,8-12H2,1-3H3,(H,40,41)(H,35,36,39). The molecule has 1 aliphatic rings. The van der Waals surface area contributed by atoms with Crippen LogP contribution in [0.4, 0.5) is 25.1 Å². The number of carbonyl (C=O) groups is 2. The number of aromatic nitrogens is 2. The summed E-state index contributed by atoms with van der Waals surface area (Å²) in [7, 11) is -0.454. The van der Waals surface area contributed by atoms with Crippen LogP contribution in [-0.4, -0.2) is 79.6 Å². The number of nitrogens with zero attached hydrogens (tertiary/aromatic N) is 3. The van der Waals surface area contributed by atoms with Crippen LogP contribution in [0.15, 0.2) is 64.4 Å². The van der Waals surface area contributed by atoms with Gasteiger partial charge in [-0.25, -0.2) is 22.0 Å². The maximum atomic E-state index is 13.8. The molecule has 0 spiro atoms. The summed E-state index contributed by atoms with van der Waals surface area (Å²) in [5.41, 5.74) is 1.86. The lowest BCUT2D eigenvalue weighted by Gasteiger charge is -2.26. The van der Waals surface area contributed by atoms with E-state index < -0.39 is 38.4 Å². The van der Waals surface area contributed by atoms with E-state index in [-0.39, 0.29) is 39.3 Å². The molecule has 1 amide bonds. The van der Waals surface area contributed by atoms with Crippen LogP contribution in [-0.2, 0) is 21.0 Å². The number of ether oxygens (including phenoxy) is 1. The molecule has 238 valence electrons. The molecule has 1 aliphatic heterocycles. The Bertz CT molecular complexity index is 1850. The second-order valence-electron chi connectivity index (χ2n) is 11.2. The van der Waals surface area contributed by atoms with Gasteiger partial charge in [0.2, 0.25) is 9.84 Å². The smallest absolute Gasteiger partial charge is 0.432 e. The summed E-state index contributed by atoms with van der Waals surface area (Å²) in [6.07, 6.45) is 0.765. The first-order valence-corrected chi connectivity index (χ1v) is 15.7. The monoisotopic (exact) mass is 641 g/mol. The van der Waals surface area contributed by atoms with Crippen molar-refractivity contribution in [2.75, 3.05) is 37.9 Å². The van der Waals surface area contributed by atoms with Gasteiger partial charge in [-0.2, -0.15) is 4.68 Å². The number of benzene rings is 3. The largest absolute Gasteiger partial charge is 0.463 e. The number of fused-ring (bicyclic) bond motifs is 1. The average Bonchev–Trinajstić information content (AvgIpc) is 3.35. The van der Waals surface area contributed by atoms with Crippen molar-refractivity contribution in [2.24, 2.45) is 0 Å². The number of sulfone groups is 1. The van der Waals surface area contributed by atoms with Gasteiger partial charge in [0.25, 0.3) is 5.91 Å². The highest BCUT2D eigenvalue weighted by Crippen LogP contribution is 2.31. The number of hydrogen-bond donors (Lipinski definition) is 3. The summed E-state index contributed by atoms with van der Waals surface area (Å²) >= 11 is 0. The molecular formula is C31H33F2N5O6S. The third-order valence-electron chi connectivity index (χ3n) is 7.84. The topological polar surface area (TPSA) is 143 Å². The normalized spacial score (nSPS) is 14.9. The van der Waals surface area contributed by atoms with Crippen molar-refractivity contribution in [3.63, 3.8) is 0 Å². The van der Waals surface area contributed by atoms with Gasteiger partial charge in [-0.05, 0) is 88.3 Å². The number of rotatable bonds is 9. The summed E-state index contributed by atoms with van der Waals surface area (Å²) in [5.74, 6) is -2.96. The van der Waals surface area contributed by atoms with Crippen LogP contribution in [0, 0.1) is 11.6 Å². The summed E-state index contributed by atoms with van der Waals surface area (Å²) in [6, 6.07) is 11.1. The molecule has 2 heterocycles. The van der Waals surface area contributed by atoms with E-state index in [9.17, 15) is 31.9 Å². The van der Waals surface area contributed by atoms with Gasteiger partial charge in [-0.1, -0.05) is 6.07 Å². The Morgan fingerprint density at radius 2 is 1.73 bits per heavy atom. The molecule has 4 aromatic rings. The molecule has 14 heteroatoms. The van der Waals surface area contributed by atoms with Crippen molar-refractivity contribution in [1.29, 1.82) is 0 Å². The fourth-order valence-corrected chi connectivity index (χ4v) is 6.45. The molecular weight excluding hydrogens is 608 g/mol. The summed E-state index contributed by atoms with van der Waals surface area (Å²) in [6.45, 7) is 3.26. The van der Waals surface area contributed by atoms with E-state index in [2.05, 4.69) is 27.6 Å². The lowest BCUT2D eigenvalue weighted by atomic mass is 10.0. The molecule has 3 aromatic carbocycles. The van der Waals surface area contributed by atoms with E-state index >= 15 is 0 Å². The molecule has 1 fully saturated rings. The lowest BCUT2D eigenvalue weighted by molar-refractivity contribution is 0.0904. The summed E-state index contributed by atoms with van der Waals surface area (Å²) in [4.78, 5) is 26.8. The number of nitrogens with one attached hydrogen (secondary N) is 2. The Morgan fingerprint density at radius 1 is 1.04 bits per heavy atom. The first-order valence-electron chi connectivity index (χ1n) is 14.3. The van der Waals surface area contributed by atoms with Gasteiger partial charge in [0, 0.05) is 42.4 Å². The van der Waals surface area contributed by atoms with E-state index in [1.54, 1.807) is 6.07 Å². The summed E-state index contributed by atoms with van der Waals surface area (Å²) < 4.78 is 60.3. The number of hydrogen-bond acceptors (Lipinski definition) is 8. The maximum absolute atomic E-state index is 13.8. The fourth-order valence-electron chi connectivity index (χ4n) is 5.12. The number of amides is 1. The molecule has 3 N–H and O–H groups in total. The van der Waals surface area contributed by atoms with Crippen LogP contribution in [0.25, 0.3) is 10.9 Å². The van der Waals surface area contributed by atoms with Crippen LogP contribution in [0.1, 0.15) is 35.7 Å². The Labute approximate surface area is 258 Å². The Kier molecular flexibility index (Phi) is 9.18. The van der Waals surface area contributed by atoms with Crippen molar-refractivity contribution in [3.05, 3.63) is 77.4 Å². The number of anilines is 2. The minimum Gasteiger partial charge on any atom is -0.463 e. The molecule has 11 nitrogen and oxygen atoms in total. The molecule has 0 radical (unpaired) electrons. The predicted octanol–water partition coefficient (Wildman–Crippen LogP) is 5.01. The van der Waals surface area contributed by atoms with E-state index in [0.717, 1.165) is 37.0 Å². The van der Waals surface area contributed by atoms with Crippen molar-refractivity contribution < 1.29 is 36.6 Å². The van der Waals surface area contributed by atoms with E-state index in [4.69, 9.17) is 4.74 Å². The Morgan fingerprint density at radius 3 is 2.38 bits per heavy atom. The third-order valence-corrected chi connectivity index (χ3v) is 9.57. The highest BCUT2D eigenvalue weighted by atomic mass is 32.2. The molecule has 1 atom stereocenters. The van der Waals surface area contributed by atoms with Gasteiger partial charge < -0.3 is 25.4 Å². The summed E-state index contributed by atoms with van der Waals surface area (Å²) in [5, 5.41) is 19.9. The van der Waals surface area contributed by atoms with Crippen molar-refractivity contribution in [2.45, 2.75) is 48.1 Å². The molecule has 1 unspecified atom stereocenters. The number of halogens is 2. The minimum absolute atomic E-state index is 0.000864. The van der Waals surface area contributed by atoms with E-state index in [1.165, 1.54) is 6.07 Å². The average molecular weight is 642 g/mol. The Balaban J connectivity index is 1.53. The number of carboxylic acid groups (broad SMARTS) is 1. The van der Waals surface area contributed by atoms with Gasteiger partial charge in [0.05, 0.1) is 20.9 Å².